The van der Waals surface area contributed by atoms with Crippen LogP contribution in [0.25, 0.3) is 0 Å². The van der Waals surface area contributed by atoms with Crippen LogP contribution >= 0.6 is 24.0 Å². The van der Waals surface area contributed by atoms with Gasteiger partial charge in [0.15, 0.2) is 5.96 Å². The summed E-state index contributed by atoms with van der Waals surface area (Å²) in [5, 5.41) is 10.7. The summed E-state index contributed by atoms with van der Waals surface area (Å²) in [6.07, 6.45) is 5.12. The Balaban J connectivity index is 0.00000180. The van der Waals surface area contributed by atoms with Crippen LogP contribution in [0.4, 0.5) is 0 Å². The van der Waals surface area contributed by atoms with Crippen molar-refractivity contribution >= 4 is 29.9 Å². The van der Waals surface area contributed by atoms with Gasteiger partial charge in [0.2, 0.25) is 0 Å². The molecule has 0 aromatic carbocycles. The molecule has 5 nitrogen and oxygen atoms in total. The third-order valence-corrected chi connectivity index (χ3v) is 3.53. The van der Waals surface area contributed by atoms with Gasteiger partial charge >= 0.3 is 0 Å². The lowest BCUT2D eigenvalue weighted by Gasteiger charge is -2.16. The molecule has 0 atom stereocenters. The molecule has 19 heavy (non-hydrogen) atoms. The molecule has 0 spiro atoms. The molecule has 0 radical (unpaired) electrons. The predicted molar refractivity (Wildman–Crippen MR) is 87.0 cm³/mol. The summed E-state index contributed by atoms with van der Waals surface area (Å²) in [5.74, 6) is 1.73. The second kappa shape index (κ2) is 7.72. The average molecular weight is 378 g/mol. The van der Waals surface area contributed by atoms with E-state index >= 15 is 0 Å². The van der Waals surface area contributed by atoms with E-state index < -0.39 is 0 Å². The summed E-state index contributed by atoms with van der Waals surface area (Å²) in [6.45, 7) is 4.60. The van der Waals surface area contributed by atoms with Gasteiger partial charge in [-0.2, -0.15) is 0 Å². The quantitative estimate of drug-likeness (QED) is 0.482. The molecule has 0 unspecified atom stereocenters. The van der Waals surface area contributed by atoms with Gasteiger partial charge in [-0.05, 0) is 26.7 Å². The Kier molecular flexibility index (Phi) is 6.60. The van der Waals surface area contributed by atoms with Crippen LogP contribution in [-0.4, -0.2) is 24.2 Å². The molecule has 1 fully saturated rings. The predicted octanol–water partition coefficient (Wildman–Crippen LogP) is 2.52. The Morgan fingerprint density at radius 3 is 2.58 bits per heavy atom. The van der Waals surface area contributed by atoms with Crippen molar-refractivity contribution in [3.8, 4) is 0 Å². The lowest BCUT2D eigenvalue weighted by molar-refractivity contribution is 0.392. The van der Waals surface area contributed by atoms with E-state index in [9.17, 15) is 0 Å². The van der Waals surface area contributed by atoms with Crippen molar-refractivity contribution in [1.29, 1.82) is 0 Å². The lowest BCUT2D eigenvalue weighted by Crippen LogP contribution is -2.42. The molecule has 0 bridgehead atoms. The van der Waals surface area contributed by atoms with E-state index in [2.05, 4.69) is 20.8 Å². The molecular weight excluding hydrogens is 355 g/mol. The number of hydrogen-bond acceptors (Lipinski definition) is 3. The molecule has 1 saturated carbocycles. The Morgan fingerprint density at radius 1 is 1.37 bits per heavy atom. The van der Waals surface area contributed by atoms with E-state index in [1.54, 1.807) is 7.05 Å². The molecule has 2 rings (SSSR count). The minimum absolute atomic E-state index is 0. The van der Waals surface area contributed by atoms with Gasteiger partial charge in [0.05, 0.1) is 5.69 Å². The minimum atomic E-state index is 0. The first-order valence-electron chi connectivity index (χ1n) is 6.59. The van der Waals surface area contributed by atoms with Crippen molar-refractivity contribution in [3.05, 3.63) is 17.0 Å². The van der Waals surface area contributed by atoms with Gasteiger partial charge in [0.25, 0.3) is 0 Å². The van der Waals surface area contributed by atoms with Gasteiger partial charge in [-0.15, -0.1) is 24.0 Å². The van der Waals surface area contributed by atoms with Gasteiger partial charge in [0.1, 0.15) is 5.76 Å². The smallest absolute Gasteiger partial charge is 0.191 e. The van der Waals surface area contributed by atoms with E-state index in [1.807, 2.05) is 13.8 Å². The van der Waals surface area contributed by atoms with Gasteiger partial charge in [-0.25, -0.2) is 0 Å². The zero-order valence-corrected chi connectivity index (χ0v) is 14.2. The lowest BCUT2D eigenvalue weighted by atomic mass is 10.2. The van der Waals surface area contributed by atoms with Gasteiger partial charge in [-0.1, -0.05) is 18.0 Å². The Labute approximate surface area is 131 Å². The fourth-order valence-electron chi connectivity index (χ4n) is 2.38. The van der Waals surface area contributed by atoms with E-state index in [0.29, 0.717) is 12.6 Å². The van der Waals surface area contributed by atoms with Crippen LogP contribution in [0.15, 0.2) is 9.52 Å². The molecule has 1 aromatic heterocycles. The summed E-state index contributed by atoms with van der Waals surface area (Å²) in [5.41, 5.74) is 2.06. The van der Waals surface area contributed by atoms with Crippen LogP contribution < -0.4 is 10.6 Å². The van der Waals surface area contributed by atoms with Crippen molar-refractivity contribution in [2.45, 2.75) is 52.1 Å². The normalized spacial score (nSPS) is 16.3. The summed E-state index contributed by atoms with van der Waals surface area (Å²) in [6, 6.07) is 0.570. The number of aromatic nitrogens is 1. The maximum atomic E-state index is 5.14. The zero-order valence-electron chi connectivity index (χ0n) is 11.8. The van der Waals surface area contributed by atoms with E-state index in [-0.39, 0.29) is 24.0 Å². The SMILES string of the molecule is CN=C(NCc1c(C)noc1C)NC1CCCC1.I. The highest BCUT2D eigenvalue weighted by molar-refractivity contribution is 14.0. The monoisotopic (exact) mass is 378 g/mol. The van der Waals surface area contributed by atoms with Crippen molar-refractivity contribution in [3.63, 3.8) is 0 Å². The van der Waals surface area contributed by atoms with Crippen LogP contribution in [0.2, 0.25) is 0 Å². The highest BCUT2D eigenvalue weighted by Crippen LogP contribution is 2.17. The van der Waals surface area contributed by atoms with Gasteiger partial charge in [-0.3, -0.25) is 4.99 Å². The van der Waals surface area contributed by atoms with E-state index in [1.165, 1.54) is 25.7 Å². The largest absolute Gasteiger partial charge is 0.361 e. The molecule has 1 aliphatic rings. The van der Waals surface area contributed by atoms with Crippen LogP contribution in [0.5, 0.6) is 0 Å². The standard InChI is InChI=1S/C13H22N4O.HI/c1-9-12(10(2)18-17-9)8-15-13(14-3)16-11-6-4-5-7-11;/h11H,4-8H2,1-3H3,(H2,14,15,16);1H. The first-order valence-corrected chi connectivity index (χ1v) is 6.59. The van der Waals surface area contributed by atoms with Crippen molar-refractivity contribution in [1.82, 2.24) is 15.8 Å². The molecule has 2 N–H and O–H groups in total. The minimum Gasteiger partial charge on any atom is -0.361 e. The topological polar surface area (TPSA) is 62.5 Å². The maximum absolute atomic E-state index is 5.14. The van der Waals surface area contributed by atoms with Crippen molar-refractivity contribution in [2.75, 3.05) is 7.05 Å². The van der Waals surface area contributed by atoms with Gasteiger partial charge in [0, 0.05) is 25.2 Å². The first kappa shape index (κ1) is 16.3. The summed E-state index contributed by atoms with van der Waals surface area (Å²) >= 11 is 0. The number of guanidine groups is 1. The number of aliphatic imine (C=N–C) groups is 1. The number of rotatable bonds is 3. The van der Waals surface area contributed by atoms with Crippen LogP contribution in [0.3, 0.4) is 0 Å². The fourth-order valence-corrected chi connectivity index (χ4v) is 2.38. The number of nitrogens with one attached hydrogen (secondary N) is 2. The first-order chi connectivity index (χ1) is 8.70. The Morgan fingerprint density at radius 2 is 2.05 bits per heavy atom. The molecule has 1 aromatic rings. The van der Waals surface area contributed by atoms with Crippen LogP contribution in [-0.2, 0) is 6.54 Å². The molecule has 1 heterocycles. The van der Waals surface area contributed by atoms with E-state index in [0.717, 1.165) is 23.0 Å². The molecule has 0 aliphatic heterocycles. The van der Waals surface area contributed by atoms with E-state index in [4.69, 9.17) is 4.52 Å². The summed E-state index contributed by atoms with van der Waals surface area (Å²) < 4.78 is 5.14. The molecule has 1 aliphatic carbocycles. The van der Waals surface area contributed by atoms with Gasteiger partial charge < -0.3 is 15.2 Å². The molecule has 108 valence electrons. The average Bonchev–Trinajstić information content (AvgIpc) is 2.97. The fraction of sp³-hybridized carbons (Fsp3) is 0.692. The number of aryl methyl sites for hydroxylation is 2. The molecule has 6 heteroatoms. The second-order valence-electron chi connectivity index (χ2n) is 4.85. The Bertz CT molecular complexity index is 405. The van der Waals surface area contributed by atoms with Crippen LogP contribution in [0, 0.1) is 13.8 Å². The van der Waals surface area contributed by atoms with Crippen molar-refractivity contribution < 1.29 is 4.52 Å². The van der Waals surface area contributed by atoms with Crippen molar-refractivity contribution in [2.24, 2.45) is 4.99 Å². The number of halogens is 1. The number of hydrogen-bond donors (Lipinski definition) is 2. The third kappa shape index (κ3) is 4.36. The maximum Gasteiger partial charge on any atom is 0.191 e. The summed E-state index contributed by atoms with van der Waals surface area (Å²) in [4.78, 5) is 4.25. The third-order valence-electron chi connectivity index (χ3n) is 3.53. The highest BCUT2D eigenvalue weighted by atomic mass is 127. The Hall–Kier alpha value is -0.790. The molecular formula is C13H23IN4O. The summed E-state index contributed by atoms with van der Waals surface area (Å²) in [7, 11) is 1.80. The number of nitrogens with zero attached hydrogens (tertiary/aromatic N) is 2. The molecule has 0 amide bonds. The highest BCUT2D eigenvalue weighted by Gasteiger charge is 2.16. The second-order valence-corrected chi connectivity index (χ2v) is 4.85. The molecule has 0 saturated heterocycles. The van der Waals surface area contributed by atoms with Crippen LogP contribution in [0.1, 0.15) is 42.7 Å². The zero-order chi connectivity index (χ0) is 13.0.